The van der Waals surface area contributed by atoms with Gasteiger partial charge in [0.2, 0.25) is 0 Å². The molecule has 0 unspecified atom stereocenters. The number of nitrogens with zero attached hydrogens (tertiary/aromatic N) is 1. The van der Waals surface area contributed by atoms with E-state index in [1.54, 1.807) is 12.3 Å². The molecule has 1 aromatic carbocycles. The highest BCUT2D eigenvalue weighted by Crippen LogP contribution is 2.39. The van der Waals surface area contributed by atoms with E-state index in [4.69, 9.17) is 0 Å². The van der Waals surface area contributed by atoms with Gasteiger partial charge in [0, 0.05) is 5.56 Å². The summed E-state index contributed by atoms with van der Waals surface area (Å²) in [6.45, 7) is 0.940. The molecule has 0 bridgehead atoms. The van der Waals surface area contributed by atoms with Crippen LogP contribution in [0, 0.1) is 0 Å². The van der Waals surface area contributed by atoms with Crippen molar-refractivity contribution in [2.75, 3.05) is 6.54 Å². The van der Waals surface area contributed by atoms with Crippen molar-refractivity contribution in [3.63, 3.8) is 0 Å². The number of benzene rings is 1. The molecule has 146 valence electrons. The Morgan fingerprint density at radius 2 is 1.93 bits per heavy atom. The lowest BCUT2D eigenvalue weighted by Crippen LogP contribution is -2.28. The molecule has 0 radical (unpaired) electrons. The van der Waals surface area contributed by atoms with Gasteiger partial charge in [0.05, 0.1) is 17.9 Å². The second kappa shape index (κ2) is 6.52. The van der Waals surface area contributed by atoms with E-state index < -0.39 is 15.6 Å². The molecule has 2 aromatic rings. The second-order valence-electron chi connectivity index (χ2n) is 6.74. The Bertz CT molecular complexity index is 964. The maximum atomic E-state index is 12.6. The summed E-state index contributed by atoms with van der Waals surface area (Å²) >= 11 is 0. The molecular weight excluding hydrogens is 383 g/mol. The number of imidazole rings is 1. The van der Waals surface area contributed by atoms with E-state index in [1.165, 1.54) is 6.07 Å². The van der Waals surface area contributed by atoms with Gasteiger partial charge < -0.3 is 14.5 Å². The Balaban J connectivity index is 1.68. The SMILES string of the molecule is O=S(=O)(Oc1ccc(-c2cnc([C@@H]3CCCN3)[nH]2)c2c1CCC2)C(F)(F)F. The highest BCUT2D eigenvalue weighted by molar-refractivity contribution is 7.88. The standard InChI is InChI=1S/C17H18F3N3O3S/c18-17(19,20)27(24,25)26-15-7-6-11(10-3-1-4-12(10)15)14-9-22-16(23-14)13-5-2-8-21-13/h6-7,9,13,21H,1-5,8H2,(H,22,23)/t13-/m0/s1. The number of alkyl halides is 3. The summed E-state index contributed by atoms with van der Waals surface area (Å²) in [4.78, 5) is 7.70. The molecule has 1 atom stereocenters. The van der Waals surface area contributed by atoms with E-state index in [1.807, 2.05) is 0 Å². The number of aromatic amines is 1. The number of halogens is 3. The second-order valence-corrected chi connectivity index (χ2v) is 8.27. The third-order valence-electron chi connectivity index (χ3n) is 5.00. The van der Waals surface area contributed by atoms with Crippen molar-refractivity contribution in [2.24, 2.45) is 0 Å². The van der Waals surface area contributed by atoms with E-state index in [-0.39, 0.29) is 11.8 Å². The predicted molar refractivity (Wildman–Crippen MR) is 91.6 cm³/mol. The minimum Gasteiger partial charge on any atom is -0.376 e. The maximum absolute atomic E-state index is 12.6. The van der Waals surface area contributed by atoms with Crippen LogP contribution in [0.2, 0.25) is 0 Å². The largest absolute Gasteiger partial charge is 0.534 e. The third-order valence-corrected chi connectivity index (χ3v) is 5.97. The topological polar surface area (TPSA) is 84.1 Å². The van der Waals surface area contributed by atoms with Crippen LogP contribution in [0.5, 0.6) is 5.75 Å². The first kappa shape index (κ1) is 18.3. The number of H-pyrrole nitrogens is 1. The van der Waals surface area contributed by atoms with Crippen LogP contribution in [0.15, 0.2) is 18.3 Å². The van der Waals surface area contributed by atoms with Crippen LogP contribution in [0.1, 0.15) is 42.3 Å². The molecule has 0 saturated carbocycles. The van der Waals surface area contributed by atoms with Gasteiger partial charge in [-0.2, -0.15) is 21.6 Å². The molecule has 10 heteroatoms. The van der Waals surface area contributed by atoms with Gasteiger partial charge in [-0.15, -0.1) is 0 Å². The molecule has 2 N–H and O–H groups in total. The Morgan fingerprint density at radius 1 is 1.15 bits per heavy atom. The predicted octanol–water partition coefficient (Wildman–Crippen LogP) is 3.22. The van der Waals surface area contributed by atoms with Gasteiger partial charge in [-0.1, -0.05) is 0 Å². The van der Waals surface area contributed by atoms with Crippen LogP contribution in [0.4, 0.5) is 13.2 Å². The van der Waals surface area contributed by atoms with Crippen molar-refractivity contribution in [2.45, 2.75) is 43.7 Å². The van der Waals surface area contributed by atoms with Crippen LogP contribution < -0.4 is 9.50 Å². The molecule has 4 rings (SSSR count). The van der Waals surface area contributed by atoms with E-state index in [0.29, 0.717) is 18.4 Å². The molecule has 1 aromatic heterocycles. The summed E-state index contributed by atoms with van der Waals surface area (Å²) in [5, 5.41) is 3.35. The first-order chi connectivity index (χ1) is 12.8. The third kappa shape index (κ3) is 3.31. The molecule has 0 spiro atoms. The smallest absolute Gasteiger partial charge is 0.376 e. The lowest BCUT2D eigenvalue weighted by atomic mass is 10.0. The Kier molecular flexibility index (Phi) is 4.42. The minimum absolute atomic E-state index is 0.173. The summed E-state index contributed by atoms with van der Waals surface area (Å²) in [6.07, 6.45) is 5.61. The molecule has 27 heavy (non-hydrogen) atoms. The van der Waals surface area contributed by atoms with Gasteiger partial charge in [0.25, 0.3) is 0 Å². The molecule has 1 aliphatic carbocycles. The fraction of sp³-hybridized carbons (Fsp3) is 0.471. The fourth-order valence-electron chi connectivity index (χ4n) is 3.74. The molecule has 1 saturated heterocycles. The Morgan fingerprint density at radius 3 is 2.63 bits per heavy atom. The zero-order valence-corrected chi connectivity index (χ0v) is 15.1. The maximum Gasteiger partial charge on any atom is 0.534 e. The summed E-state index contributed by atoms with van der Waals surface area (Å²) < 4.78 is 65.0. The van der Waals surface area contributed by atoms with Crippen LogP contribution in [0.25, 0.3) is 11.3 Å². The first-order valence-corrected chi connectivity index (χ1v) is 10.1. The monoisotopic (exact) mass is 401 g/mol. The number of nitrogens with one attached hydrogen (secondary N) is 2. The number of rotatable bonds is 4. The summed E-state index contributed by atoms with van der Waals surface area (Å²) in [5.74, 6) is 0.579. The average molecular weight is 401 g/mol. The van der Waals surface area contributed by atoms with E-state index in [9.17, 15) is 21.6 Å². The number of hydrogen-bond acceptors (Lipinski definition) is 5. The number of fused-ring (bicyclic) bond motifs is 1. The van der Waals surface area contributed by atoms with Gasteiger partial charge in [0.15, 0.2) is 0 Å². The molecular formula is C17H18F3N3O3S. The van der Waals surface area contributed by atoms with Crippen LogP contribution in [-0.2, 0) is 23.0 Å². The average Bonchev–Trinajstić information content (AvgIpc) is 3.34. The van der Waals surface area contributed by atoms with Crippen LogP contribution >= 0.6 is 0 Å². The van der Waals surface area contributed by atoms with Crippen molar-refractivity contribution in [3.8, 4) is 17.0 Å². The van der Waals surface area contributed by atoms with Gasteiger partial charge in [0.1, 0.15) is 11.6 Å². The van der Waals surface area contributed by atoms with Gasteiger partial charge >= 0.3 is 15.6 Å². The Labute approximate surface area is 154 Å². The van der Waals surface area contributed by atoms with Crippen molar-refractivity contribution in [1.82, 2.24) is 15.3 Å². The molecule has 0 amide bonds. The van der Waals surface area contributed by atoms with Crippen LogP contribution in [0.3, 0.4) is 0 Å². The van der Waals surface area contributed by atoms with E-state index in [0.717, 1.165) is 48.5 Å². The highest BCUT2D eigenvalue weighted by Gasteiger charge is 2.49. The molecule has 1 aliphatic heterocycles. The molecule has 2 heterocycles. The fourth-order valence-corrected chi connectivity index (χ4v) is 4.22. The van der Waals surface area contributed by atoms with Crippen molar-refractivity contribution in [3.05, 3.63) is 35.3 Å². The van der Waals surface area contributed by atoms with Gasteiger partial charge in [-0.25, -0.2) is 4.98 Å². The zero-order chi connectivity index (χ0) is 19.2. The molecule has 6 nitrogen and oxygen atoms in total. The van der Waals surface area contributed by atoms with Crippen LogP contribution in [-0.4, -0.2) is 30.4 Å². The molecule has 2 aliphatic rings. The number of hydrogen-bond donors (Lipinski definition) is 2. The highest BCUT2D eigenvalue weighted by atomic mass is 32.2. The summed E-state index contributed by atoms with van der Waals surface area (Å²) in [7, 11) is -5.69. The van der Waals surface area contributed by atoms with Crippen molar-refractivity contribution in [1.29, 1.82) is 0 Å². The summed E-state index contributed by atoms with van der Waals surface area (Å²) in [5.41, 5.74) is -2.56. The van der Waals surface area contributed by atoms with Crippen molar-refractivity contribution < 1.29 is 25.8 Å². The minimum atomic E-state index is -5.69. The van der Waals surface area contributed by atoms with Crippen molar-refractivity contribution >= 4 is 10.1 Å². The quantitative estimate of drug-likeness (QED) is 0.607. The van der Waals surface area contributed by atoms with E-state index in [2.05, 4.69) is 19.5 Å². The normalized spacial score (nSPS) is 20.0. The lowest BCUT2D eigenvalue weighted by Gasteiger charge is -2.14. The lowest BCUT2D eigenvalue weighted by molar-refractivity contribution is -0.0500. The number of aromatic nitrogens is 2. The zero-order valence-electron chi connectivity index (χ0n) is 14.3. The summed E-state index contributed by atoms with van der Waals surface area (Å²) in [6, 6.07) is 3.05. The van der Waals surface area contributed by atoms with Gasteiger partial charge in [-0.3, -0.25) is 0 Å². The molecule has 1 fully saturated rings. The van der Waals surface area contributed by atoms with Gasteiger partial charge in [-0.05, 0) is 61.9 Å². The first-order valence-electron chi connectivity index (χ1n) is 8.70. The van der Waals surface area contributed by atoms with E-state index >= 15 is 0 Å². The Hall–Kier alpha value is -2.07.